The first kappa shape index (κ1) is 45.2. The van der Waals surface area contributed by atoms with Gasteiger partial charge in [-0.15, -0.1) is 0 Å². The van der Waals surface area contributed by atoms with Crippen molar-refractivity contribution in [2.45, 2.75) is 118 Å². The maximum atomic E-state index is 14.9. The van der Waals surface area contributed by atoms with E-state index in [1.165, 1.54) is 19.4 Å². The van der Waals surface area contributed by atoms with Crippen LogP contribution in [0.5, 0.6) is 11.6 Å². The number of hydrogen-bond donors (Lipinski definition) is 3. The monoisotopic (exact) mass is 899 g/mol. The summed E-state index contributed by atoms with van der Waals surface area (Å²) in [6.45, 7) is 1.63. The molecule has 340 valence electrons. The number of rotatable bonds is 9. The molecule has 15 nitrogen and oxygen atoms in total. The zero-order valence-corrected chi connectivity index (χ0v) is 35.2. The summed E-state index contributed by atoms with van der Waals surface area (Å²) in [5.74, 6) is -8.51. The smallest absolute Gasteiger partial charge is 0.455 e. The predicted molar refractivity (Wildman–Crippen MR) is 210 cm³/mol. The molecule has 0 bridgehead atoms. The lowest BCUT2D eigenvalue weighted by molar-refractivity contribution is -0.372. The van der Waals surface area contributed by atoms with Crippen LogP contribution < -0.4 is 24.8 Å². The number of nitrogens with zero attached hydrogens (tertiary/aromatic N) is 2. The van der Waals surface area contributed by atoms with Crippen molar-refractivity contribution in [2.24, 2.45) is 17.8 Å². The molecule has 3 N–H and O–H groups in total. The molecular weight excluding hydrogens is 850 g/mol. The van der Waals surface area contributed by atoms with Crippen LogP contribution in [-0.2, 0) is 33.9 Å². The Morgan fingerprint density at radius 2 is 1.87 bits per heavy atom. The van der Waals surface area contributed by atoms with Crippen molar-refractivity contribution in [3.63, 3.8) is 0 Å². The Morgan fingerprint density at radius 3 is 2.53 bits per heavy atom. The van der Waals surface area contributed by atoms with Crippen LogP contribution >= 0.6 is 0 Å². The van der Waals surface area contributed by atoms with Crippen LogP contribution in [-0.4, -0.2) is 109 Å². The molecule has 62 heavy (non-hydrogen) atoms. The predicted octanol–water partition coefficient (Wildman–Crippen LogP) is 5.12. The number of ether oxygens (including phenoxy) is 4. The fraction of sp³-hybridized carbons (Fsp3) is 0.634. The van der Waals surface area contributed by atoms with Gasteiger partial charge in [-0.2, -0.15) is 13.2 Å². The van der Waals surface area contributed by atoms with Crippen molar-refractivity contribution in [3.8, 4) is 11.6 Å². The fourth-order valence-electron chi connectivity index (χ4n) is 8.74. The quantitative estimate of drug-likeness (QED) is 0.224. The molecule has 3 aliphatic heterocycles. The summed E-state index contributed by atoms with van der Waals surface area (Å²) in [5.41, 5.74) is -1.82. The number of methoxy groups -OCH3 is 1. The number of allylic oxidation sites excluding steroid dienone is 1. The lowest BCUT2D eigenvalue weighted by Gasteiger charge is -2.38. The van der Waals surface area contributed by atoms with Gasteiger partial charge in [0.2, 0.25) is 27.7 Å². The van der Waals surface area contributed by atoms with Crippen LogP contribution in [0, 0.1) is 23.6 Å². The Bertz CT molecular complexity index is 2220. The minimum absolute atomic E-state index is 0.00461. The second-order valence-corrected chi connectivity index (χ2v) is 19.3. The number of sulfonamides is 1. The van der Waals surface area contributed by atoms with Crippen molar-refractivity contribution >= 4 is 44.6 Å². The van der Waals surface area contributed by atoms with Gasteiger partial charge in [0, 0.05) is 30.3 Å². The summed E-state index contributed by atoms with van der Waals surface area (Å²) in [5, 5.41) is 5.75. The molecule has 0 spiro atoms. The first-order valence-corrected chi connectivity index (χ1v) is 22.2. The molecule has 0 radical (unpaired) electrons. The van der Waals surface area contributed by atoms with Gasteiger partial charge in [-0.1, -0.05) is 26.0 Å². The number of carbonyl (C=O) groups is 4. The minimum Gasteiger partial charge on any atom is -0.494 e. The summed E-state index contributed by atoms with van der Waals surface area (Å²) in [4.78, 5) is 62.2. The van der Waals surface area contributed by atoms with Crippen LogP contribution in [0.3, 0.4) is 0 Å². The molecule has 5 aliphatic rings. The largest absolute Gasteiger partial charge is 0.494 e. The van der Waals surface area contributed by atoms with E-state index >= 15 is 0 Å². The highest BCUT2D eigenvalue weighted by Crippen LogP contribution is 2.48. The highest BCUT2D eigenvalue weighted by atomic mass is 32.2. The molecule has 4 heterocycles. The fourth-order valence-corrected chi connectivity index (χ4v) is 10.2. The molecule has 4 fully saturated rings. The number of pyridine rings is 1. The zero-order chi connectivity index (χ0) is 44.8. The van der Waals surface area contributed by atoms with Crippen LogP contribution in [0.15, 0.2) is 36.5 Å². The standard InChI is InChI=1S/C41H50F5N5O10S/c1-23-8-4-5-9-26-20-39(26,36(54)50-62(56,57)38(22-42)12-13-38)49-33(52)30-18-27(60-34-28-19-29(43)31(58-3)17-25(28)10-14-47-34)21-51(30)35(53)32(24(2)16-23)48-37(55)61-40(41(44,45)46)11-6-7-15-59-40/h5,9-10,14,17,19,23-24,26-27,30,32H,4,6-8,11-13,15-16,18,20-22H2,1-3H3,(H,48,55)(H,49,52)(H,50,54)/b9-5-/t23-,24+,26+,27+,30-,32-,39+,40?/m0/s1. The number of nitrogens with one attached hydrogen (secondary N) is 3. The second kappa shape index (κ2) is 17.1. The number of benzene rings is 1. The van der Waals surface area contributed by atoms with Crippen molar-refractivity contribution in [3.05, 3.63) is 42.4 Å². The molecule has 7 rings (SSSR count). The summed E-state index contributed by atoms with van der Waals surface area (Å²) >= 11 is 0. The minimum atomic E-state index is -5.11. The van der Waals surface area contributed by atoms with Gasteiger partial charge in [-0.05, 0) is 86.8 Å². The van der Waals surface area contributed by atoms with Crippen molar-refractivity contribution in [1.29, 1.82) is 0 Å². The van der Waals surface area contributed by atoms with E-state index < -0.39 is 105 Å². The van der Waals surface area contributed by atoms with Gasteiger partial charge in [-0.3, -0.25) is 19.1 Å². The molecule has 2 aliphatic carbocycles. The van der Waals surface area contributed by atoms with Gasteiger partial charge >= 0.3 is 18.1 Å². The van der Waals surface area contributed by atoms with Crippen molar-refractivity contribution < 1.29 is 68.5 Å². The van der Waals surface area contributed by atoms with Gasteiger partial charge < -0.3 is 34.5 Å². The van der Waals surface area contributed by atoms with Crippen LogP contribution in [0.4, 0.5) is 26.7 Å². The summed E-state index contributed by atoms with van der Waals surface area (Å²) in [7, 11) is -3.20. The third-order valence-electron chi connectivity index (χ3n) is 12.7. The summed E-state index contributed by atoms with van der Waals surface area (Å²) in [6, 6.07) is 1.13. The number of aromatic nitrogens is 1. The Kier molecular flexibility index (Phi) is 12.4. The average Bonchev–Trinajstić information content (AvgIpc) is 4.12. The zero-order valence-electron chi connectivity index (χ0n) is 34.4. The number of hydrogen-bond acceptors (Lipinski definition) is 11. The van der Waals surface area contributed by atoms with Gasteiger partial charge in [-0.25, -0.2) is 27.0 Å². The number of fused-ring (bicyclic) bond motifs is 3. The second-order valence-electron chi connectivity index (χ2n) is 17.2. The van der Waals surface area contributed by atoms with E-state index in [2.05, 4.69) is 15.6 Å². The van der Waals surface area contributed by atoms with E-state index in [4.69, 9.17) is 18.9 Å². The Morgan fingerprint density at radius 1 is 1.11 bits per heavy atom. The van der Waals surface area contributed by atoms with E-state index in [0.29, 0.717) is 24.6 Å². The Hall–Kier alpha value is -4.79. The molecule has 21 heteroatoms. The molecule has 8 atom stereocenters. The van der Waals surface area contributed by atoms with Crippen LogP contribution in [0.2, 0.25) is 0 Å². The number of amides is 4. The van der Waals surface area contributed by atoms with Crippen molar-refractivity contribution in [2.75, 3.05) is 26.9 Å². The molecule has 2 aromatic rings. The highest BCUT2D eigenvalue weighted by Gasteiger charge is 2.64. The van der Waals surface area contributed by atoms with Gasteiger partial charge in [0.25, 0.3) is 5.91 Å². The van der Waals surface area contributed by atoms with E-state index in [0.717, 1.165) is 11.0 Å². The Labute approximate surface area is 354 Å². The van der Waals surface area contributed by atoms with E-state index in [1.54, 1.807) is 25.1 Å². The molecule has 1 aromatic heterocycles. The summed E-state index contributed by atoms with van der Waals surface area (Å²) < 4.78 is 120. The van der Waals surface area contributed by atoms with Crippen molar-refractivity contribution in [1.82, 2.24) is 25.2 Å². The van der Waals surface area contributed by atoms with E-state index in [-0.39, 0.29) is 74.6 Å². The lowest BCUT2D eigenvalue weighted by Crippen LogP contribution is -2.60. The highest BCUT2D eigenvalue weighted by molar-refractivity contribution is 7.91. The SMILES string of the molecule is COc1cc2ccnc(O[C@@H]3C[C@H]4C(=O)N[C@]5(C(=O)NS(=O)(=O)C6(CF)CC6)C[C@H]5/C=C\CC[C@H](C)C[C@@H](C)[C@H](NC(=O)OC5(C(F)(F)F)CCCCO5)C(=O)N4C3)c2cc1F. The molecule has 2 saturated heterocycles. The van der Waals surface area contributed by atoms with Gasteiger partial charge in [0.05, 0.1) is 20.3 Å². The maximum absolute atomic E-state index is 14.9. The topological polar surface area (TPSA) is 192 Å². The third-order valence-corrected chi connectivity index (χ3v) is 14.9. The molecule has 4 amide bonds. The average molecular weight is 900 g/mol. The van der Waals surface area contributed by atoms with Crippen LogP contribution in [0.25, 0.3) is 10.8 Å². The summed E-state index contributed by atoms with van der Waals surface area (Å²) in [6.07, 6.45) is -2.15. The first-order chi connectivity index (χ1) is 29.3. The normalized spacial score (nSPS) is 31.9. The number of halogens is 5. The maximum Gasteiger partial charge on any atom is 0.455 e. The first-order valence-electron chi connectivity index (χ1n) is 20.7. The number of carbonyl (C=O) groups excluding carboxylic acids is 4. The molecule has 1 unspecified atom stereocenters. The molecular formula is C41H50F5N5O10S. The number of alkyl carbamates (subject to hydrolysis) is 1. The molecule has 2 saturated carbocycles. The van der Waals surface area contributed by atoms with Crippen LogP contribution in [0.1, 0.15) is 78.1 Å². The lowest BCUT2D eigenvalue weighted by atomic mass is 9.88. The Balaban J connectivity index is 1.23. The third kappa shape index (κ3) is 8.74. The number of alkyl halides is 4. The van der Waals surface area contributed by atoms with E-state index in [1.807, 2.05) is 11.6 Å². The molecule has 1 aromatic carbocycles. The van der Waals surface area contributed by atoms with E-state index in [9.17, 15) is 49.5 Å². The van der Waals surface area contributed by atoms with Gasteiger partial charge in [0.1, 0.15) is 35.1 Å². The van der Waals surface area contributed by atoms with Gasteiger partial charge in [0.15, 0.2) is 11.6 Å².